The lowest BCUT2D eigenvalue weighted by atomic mass is 9.95. The molecule has 3 rings (SSSR count). The minimum absolute atomic E-state index is 0.101. The van der Waals surface area contributed by atoms with Gasteiger partial charge in [0, 0.05) is 45.8 Å². The first-order valence-corrected chi connectivity index (χ1v) is 9.79. The van der Waals surface area contributed by atoms with E-state index in [4.69, 9.17) is 9.15 Å². The van der Waals surface area contributed by atoms with Crippen LogP contribution in [-0.2, 0) is 9.53 Å². The Bertz CT molecular complexity index is 639. The smallest absolute Gasteiger partial charge is 0.276 e. The van der Waals surface area contributed by atoms with Crippen LogP contribution in [0.15, 0.2) is 10.8 Å². The zero-order valence-corrected chi connectivity index (χ0v) is 16.4. The van der Waals surface area contributed by atoms with Crippen LogP contribution in [0, 0.1) is 12.8 Å². The number of aryl methyl sites for hydroxylation is 1. The van der Waals surface area contributed by atoms with Crippen LogP contribution in [0.3, 0.4) is 0 Å². The summed E-state index contributed by atoms with van der Waals surface area (Å²) in [7, 11) is 1.72. The van der Waals surface area contributed by atoms with Crippen molar-refractivity contribution in [2.75, 3.05) is 59.5 Å². The Hall–Kier alpha value is -1.93. The lowest BCUT2D eigenvalue weighted by molar-refractivity contribution is -0.137. The molecule has 0 bridgehead atoms. The van der Waals surface area contributed by atoms with Gasteiger partial charge in [-0.25, -0.2) is 4.98 Å². The second-order valence-electron chi connectivity index (χ2n) is 7.34. The first kappa shape index (κ1) is 19.8. The molecule has 0 unspecified atom stereocenters. The summed E-state index contributed by atoms with van der Waals surface area (Å²) in [5, 5.41) is 0. The Kier molecular flexibility index (Phi) is 6.84. The van der Waals surface area contributed by atoms with E-state index >= 15 is 0 Å². The van der Waals surface area contributed by atoms with Gasteiger partial charge in [-0.15, -0.1) is 0 Å². The van der Waals surface area contributed by atoms with Gasteiger partial charge < -0.3 is 23.9 Å². The van der Waals surface area contributed by atoms with Gasteiger partial charge >= 0.3 is 0 Å². The topological polar surface area (TPSA) is 79.1 Å². The second-order valence-corrected chi connectivity index (χ2v) is 7.34. The minimum atomic E-state index is -0.109. The Morgan fingerprint density at radius 2 is 1.85 bits per heavy atom. The van der Waals surface area contributed by atoms with Crippen molar-refractivity contribution < 1.29 is 18.7 Å². The Morgan fingerprint density at radius 1 is 1.15 bits per heavy atom. The highest BCUT2D eigenvalue weighted by Crippen LogP contribution is 2.21. The van der Waals surface area contributed by atoms with Gasteiger partial charge in [-0.1, -0.05) is 0 Å². The number of carbonyl (C=O) groups excluding carboxylic acids is 2. The second kappa shape index (κ2) is 9.32. The average molecular weight is 378 g/mol. The van der Waals surface area contributed by atoms with Crippen LogP contribution in [0.5, 0.6) is 0 Å². The standard InChI is InChI=1S/C19H30N4O4/c1-15-17(20-14-27-15)19(25)23-7-3-6-22(10-11-23)18(24)16-4-8-21(9-5-16)12-13-26-2/h14,16H,3-13H2,1-2H3. The summed E-state index contributed by atoms with van der Waals surface area (Å²) < 4.78 is 10.3. The van der Waals surface area contributed by atoms with Gasteiger partial charge in [0.25, 0.3) is 5.91 Å². The molecule has 1 aromatic rings. The SMILES string of the molecule is COCCN1CCC(C(=O)N2CCCN(C(=O)c3ncoc3C)CC2)CC1. The molecule has 2 aliphatic heterocycles. The van der Waals surface area contributed by atoms with E-state index in [-0.39, 0.29) is 17.7 Å². The summed E-state index contributed by atoms with van der Waals surface area (Å²) in [6.07, 6.45) is 3.90. The molecule has 2 amide bonds. The van der Waals surface area contributed by atoms with Gasteiger partial charge in [-0.05, 0) is 39.3 Å². The lowest BCUT2D eigenvalue weighted by Crippen LogP contribution is -2.44. The molecule has 2 fully saturated rings. The van der Waals surface area contributed by atoms with E-state index in [0.717, 1.165) is 45.5 Å². The summed E-state index contributed by atoms with van der Waals surface area (Å²) in [5.74, 6) is 0.775. The highest BCUT2D eigenvalue weighted by Gasteiger charge is 2.30. The first-order valence-electron chi connectivity index (χ1n) is 9.79. The van der Waals surface area contributed by atoms with Crippen molar-refractivity contribution in [3.8, 4) is 0 Å². The van der Waals surface area contributed by atoms with Crippen molar-refractivity contribution >= 4 is 11.8 Å². The van der Waals surface area contributed by atoms with Crippen molar-refractivity contribution in [3.05, 3.63) is 17.8 Å². The monoisotopic (exact) mass is 378 g/mol. The average Bonchev–Trinajstić information content (AvgIpc) is 2.97. The van der Waals surface area contributed by atoms with Gasteiger partial charge in [0.05, 0.1) is 6.61 Å². The van der Waals surface area contributed by atoms with Crippen LogP contribution < -0.4 is 0 Å². The molecule has 0 spiro atoms. The molecule has 0 saturated carbocycles. The van der Waals surface area contributed by atoms with E-state index < -0.39 is 0 Å². The van der Waals surface area contributed by atoms with Crippen molar-refractivity contribution in [1.82, 2.24) is 19.7 Å². The summed E-state index contributed by atoms with van der Waals surface area (Å²) in [4.78, 5) is 35.7. The third-order valence-corrected chi connectivity index (χ3v) is 5.59. The van der Waals surface area contributed by atoms with Crippen molar-refractivity contribution in [2.45, 2.75) is 26.2 Å². The summed E-state index contributed by atoms with van der Waals surface area (Å²) in [6.45, 7) is 7.79. The number of piperidine rings is 1. The van der Waals surface area contributed by atoms with Crippen LogP contribution in [0.25, 0.3) is 0 Å². The van der Waals surface area contributed by atoms with Crippen molar-refractivity contribution in [2.24, 2.45) is 5.92 Å². The maximum Gasteiger partial charge on any atom is 0.276 e. The van der Waals surface area contributed by atoms with Gasteiger partial charge in [-0.3, -0.25) is 9.59 Å². The van der Waals surface area contributed by atoms with Gasteiger partial charge in [0.15, 0.2) is 12.1 Å². The molecule has 0 aliphatic carbocycles. The van der Waals surface area contributed by atoms with Crippen LogP contribution >= 0.6 is 0 Å². The number of hydrogen-bond donors (Lipinski definition) is 0. The molecule has 1 aromatic heterocycles. The van der Waals surface area contributed by atoms with E-state index in [2.05, 4.69) is 9.88 Å². The van der Waals surface area contributed by atoms with E-state index in [0.29, 0.717) is 37.6 Å². The van der Waals surface area contributed by atoms with Crippen LogP contribution in [-0.4, -0.2) is 91.0 Å². The van der Waals surface area contributed by atoms with E-state index in [1.807, 2.05) is 4.90 Å². The maximum atomic E-state index is 12.9. The third kappa shape index (κ3) is 4.87. The van der Waals surface area contributed by atoms with Crippen LogP contribution in [0.1, 0.15) is 35.5 Å². The fourth-order valence-corrected chi connectivity index (χ4v) is 3.88. The summed E-state index contributed by atoms with van der Waals surface area (Å²) in [5.41, 5.74) is 0.373. The Morgan fingerprint density at radius 3 is 2.52 bits per heavy atom. The largest absolute Gasteiger partial charge is 0.448 e. The Labute approximate surface area is 160 Å². The van der Waals surface area contributed by atoms with E-state index in [9.17, 15) is 9.59 Å². The zero-order valence-electron chi connectivity index (χ0n) is 16.4. The van der Waals surface area contributed by atoms with Crippen molar-refractivity contribution in [1.29, 1.82) is 0 Å². The number of carbonyl (C=O) groups is 2. The lowest BCUT2D eigenvalue weighted by Gasteiger charge is -2.33. The normalized spacial score (nSPS) is 19.9. The van der Waals surface area contributed by atoms with Crippen molar-refractivity contribution in [3.63, 3.8) is 0 Å². The zero-order chi connectivity index (χ0) is 19.2. The molecule has 0 atom stereocenters. The summed E-state index contributed by atoms with van der Waals surface area (Å²) >= 11 is 0. The number of amides is 2. The Balaban J connectivity index is 1.50. The van der Waals surface area contributed by atoms with Crippen LogP contribution in [0.4, 0.5) is 0 Å². The number of aromatic nitrogens is 1. The molecule has 0 aromatic carbocycles. The minimum Gasteiger partial charge on any atom is -0.448 e. The fourth-order valence-electron chi connectivity index (χ4n) is 3.88. The number of rotatable bonds is 5. The maximum absolute atomic E-state index is 12.9. The molecule has 8 heteroatoms. The van der Waals surface area contributed by atoms with Gasteiger partial charge in [-0.2, -0.15) is 0 Å². The number of oxazole rings is 1. The molecule has 2 saturated heterocycles. The van der Waals surface area contributed by atoms with E-state index in [1.54, 1.807) is 18.9 Å². The highest BCUT2D eigenvalue weighted by atomic mass is 16.5. The molecule has 2 aliphatic rings. The van der Waals surface area contributed by atoms with Gasteiger partial charge in [0.1, 0.15) is 5.76 Å². The van der Waals surface area contributed by atoms with Gasteiger partial charge in [0.2, 0.25) is 5.91 Å². The molecule has 0 N–H and O–H groups in total. The fraction of sp³-hybridized carbons (Fsp3) is 0.737. The third-order valence-electron chi connectivity index (χ3n) is 5.59. The highest BCUT2D eigenvalue weighted by molar-refractivity contribution is 5.93. The first-order chi connectivity index (χ1) is 13.1. The quantitative estimate of drug-likeness (QED) is 0.761. The molecular formula is C19H30N4O4. The molecule has 8 nitrogen and oxygen atoms in total. The summed E-state index contributed by atoms with van der Waals surface area (Å²) in [6, 6.07) is 0. The molecule has 3 heterocycles. The number of hydrogen-bond acceptors (Lipinski definition) is 6. The predicted molar refractivity (Wildman–Crippen MR) is 99.4 cm³/mol. The number of nitrogens with zero attached hydrogens (tertiary/aromatic N) is 4. The van der Waals surface area contributed by atoms with Crippen LogP contribution in [0.2, 0.25) is 0 Å². The predicted octanol–water partition coefficient (Wildman–Crippen LogP) is 1.02. The molecule has 0 radical (unpaired) electrons. The molecule has 27 heavy (non-hydrogen) atoms. The molecular weight excluding hydrogens is 348 g/mol. The number of ether oxygens (including phenoxy) is 1. The van der Waals surface area contributed by atoms with E-state index in [1.165, 1.54) is 6.39 Å². The number of likely N-dealkylation sites (tertiary alicyclic amines) is 1. The molecule has 150 valence electrons. The number of methoxy groups -OCH3 is 1.